The van der Waals surface area contributed by atoms with Crippen LogP contribution in [0.15, 0.2) is 30.5 Å². The van der Waals surface area contributed by atoms with Crippen LogP contribution in [0.1, 0.15) is 18.9 Å². The summed E-state index contributed by atoms with van der Waals surface area (Å²) in [5.41, 5.74) is 8.01. The highest BCUT2D eigenvalue weighted by Gasteiger charge is 2.40. The fourth-order valence-corrected chi connectivity index (χ4v) is 2.91. The lowest BCUT2D eigenvalue weighted by molar-refractivity contribution is -0.125. The molecule has 3 atom stereocenters. The lowest BCUT2D eigenvalue weighted by atomic mass is 9.83. The predicted molar refractivity (Wildman–Crippen MR) is 81.9 cm³/mol. The standard InChI is InChI=1S/C16H21N3O2/c1-2-21-14-8-12(17)16(14)19-15(20)7-10-9-18-13-6-4-3-5-11(10)13/h3-6,9,12,14,16,18H,2,7-8,17H2,1H3,(H,19,20). The fourth-order valence-electron chi connectivity index (χ4n) is 2.91. The van der Waals surface area contributed by atoms with Crippen molar-refractivity contribution in [1.29, 1.82) is 0 Å². The van der Waals surface area contributed by atoms with Gasteiger partial charge in [-0.1, -0.05) is 18.2 Å². The molecule has 1 heterocycles. The molecule has 2 aromatic rings. The van der Waals surface area contributed by atoms with E-state index in [-0.39, 0.29) is 24.1 Å². The third kappa shape index (κ3) is 2.80. The van der Waals surface area contributed by atoms with Gasteiger partial charge in [0.2, 0.25) is 5.91 Å². The fraction of sp³-hybridized carbons (Fsp3) is 0.438. The molecule has 5 heteroatoms. The number of nitrogens with two attached hydrogens (primary N) is 1. The quantitative estimate of drug-likeness (QED) is 0.776. The average molecular weight is 287 g/mol. The van der Waals surface area contributed by atoms with E-state index in [4.69, 9.17) is 10.5 Å². The molecule has 1 saturated carbocycles. The molecule has 0 bridgehead atoms. The Morgan fingerprint density at radius 2 is 2.29 bits per heavy atom. The Kier molecular flexibility index (Phi) is 3.94. The van der Waals surface area contributed by atoms with Crippen molar-refractivity contribution in [2.24, 2.45) is 5.73 Å². The summed E-state index contributed by atoms with van der Waals surface area (Å²) in [6.07, 6.45) is 3.11. The van der Waals surface area contributed by atoms with E-state index in [1.807, 2.05) is 37.4 Å². The molecular formula is C16H21N3O2. The van der Waals surface area contributed by atoms with Crippen LogP contribution in [0.25, 0.3) is 10.9 Å². The number of nitrogens with one attached hydrogen (secondary N) is 2. The number of carbonyl (C=O) groups excluding carboxylic acids is 1. The molecule has 1 aliphatic rings. The molecule has 5 nitrogen and oxygen atoms in total. The van der Waals surface area contributed by atoms with Crippen molar-refractivity contribution in [2.45, 2.75) is 38.0 Å². The van der Waals surface area contributed by atoms with Crippen LogP contribution in [0.5, 0.6) is 0 Å². The van der Waals surface area contributed by atoms with Crippen LogP contribution in [0, 0.1) is 0 Å². The van der Waals surface area contributed by atoms with Gasteiger partial charge in [-0.25, -0.2) is 0 Å². The molecule has 4 N–H and O–H groups in total. The van der Waals surface area contributed by atoms with E-state index in [1.54, 1.807) is 0 Å². The number of hydrogen-bond acceptors (Lipinski definition) is 3. The molecule has 1 fully saturated rings. The molecule has 0 radical (unpaired) electrons. The average Bonchev–Trinajstić information content (AvgIpc) is 2.88. The minimum atomic E-state index is -0.0670. The molecule has 112 valence electrons. The van der Waals surface area contributed by atoms with Crippen molar-refractivity contribution in [3.8, 4) is 0 Å². The van der Waals surface area contributed by atoms with Crippen LogP contribution >= 0.6 is 0 Å². The number of carbonyl (C=O) groups is 1. The second-order valence-electron chi connectivity index (χ2n) is 5.52. The minimum absolute atomic E-state index is 0.00605. The predicted octanol–water partition coefficient (Wildman–Crippen LogP) is 1.33. The van der Waals surface area contributed by atoms with Crippen molar-refractivity contribution in [1.82, 2.24) is 10.3 Å². The zero-order chi connectivity index (χ0) is 14.8. The van der Waals surface area contributed by atoms with Crippen molar-refractivity contribution in [3.05, 3.63) is 36.0 Å². The highest BCUT2D eigenvalue weighted by Crippen LogP contribution is 2.23. The Morgan fingerprint density at radius 3 is 3.05 bits per heavy atom. The summed E-state index contributed by atoms with van der Waals surface area (Å²) in [5, 5.41) is 4.09. The number of hydrogen-bond donors (Lipinski definition) is 3. The summed E-state index contributed by atoms with van der Waals surface area (Å²) >= 11 is 0. The first-order chi connectivity index (χ1) is 10.2. The van der Waals surface area contributed by atoms with E-state index in [2.05, 4.69) is 10.3 Å². The number of benzene rings is 1. The number of amides is 1. The van der Waals surface area contributed by atoms with Gasteiger partial charge in [0.1, 0.15) is 0 Å². The van der Waals surface area contributed by atoms with Crippen molar-refractivity contribution < 1.29 is 9.53 Å². The Bertz CT molecular complexity index is 635. The van der Waals surface area contributed by atoms with E-state index in [0.717, 1.165) is 22.9 Å². The lowest BCUT2D eigenvalue weighted by Gasteiger charge is -2.42. The molecule has 0 saturated heterocycles. The largest absolute Gasteiger partial charge is 0.376 e. The maximum atomic E-state index is 12.2. The molecule has 21 heavy (non-hydrogen) atoms. The second-order valence-corrected chi connectivity index (χ2v) is 5.52. The van der Waals surface area contributed by atoms with Gasteiger partial charge >= 0.3 is 0 Å². The van der Waals surface area contributed by atoms with Gasteiger partial charge in [0.25, 0.3) is 0 Å². The zero-order valence-electron chi connectivity index (χ0n) is 12.1. The van der Waals surface area contributed by atoms with Gasteiger partial charge in [0.15, 0.2) is 0 Å². The van der Waals surface area contributed by atoms with Crippen LogP contribution in [-0.4, -0.2) is 35.7 Å². The van der Waals surface area contributed by atoms with E-state index < -0.39 is 0 Å². The first kappa shape index (κ1) is 14.1. The van der Waals surface area contributed by atoms with Crippen LogP contribution in [0.2, 0.25) is 0 Å². The Labute approximate surface area is 123 Å². The lowest BCUT2D eigenvalue weighted by Crippen LogP contribution is -2.64. The first-order valence-electron chi connectivity index (χ1n) is 7.40. The number of rotatable bonds is 5. The van der Waals surface area contributed by atoms with Gasteiger partial charge in [-0.05, 0) is 25.0 Å². The number of H-pyrrole nitrogens is 1. The van der Waals surface area contributed by atoms with Crippen molar-refractivity contribution >= 4 is 16.8 Å². The Morgan fingerprint density at radius 1 is 1.48 bits per heavy atom. The normalized spacial score (nSPS) is 24.8. The van der Waals surface area contributed by atoms with Gasteiger partial charge in [0.05, 0.1) is 18.6 Å². The SMILES string of the molecule is CCOC1CC(N)C1NC(=O)Cc1c[nH]c2ccccc12. The monoisotopic (exact) mass is 287 g/mol. The molecule has 0 spiro atoms. The van der Waals surface area contributed by atoms with E-state index in [9.17, 15) is 4.79 Å². The molecule has 0 aliphatic heterocycles. The summed E-state index contributed by atoms with van der Waals surface area (Å²) in [5.74, 6) is -0.00962. The molecule has 3 rings (SSSR count). The van der Waals surface area contributed by atoms with Gasteiger partial charge in [-0.3, -0.25) is 4.79 Å². The summed E-state index contributed by atoms with van der Waals surface area (Å²) in [7, 11) is 0. The summed E-state index contributed by atoms with van der Waals surface area (Å²) < 4.78 is 5.57. The minimum Gasteiger partial charge on any atom is -0.376 e. The van der Waals surface area contributed by atoms with Crippen LogP contribution in [-0.2, 0) is 16.0 Å². The van der Waals surface area contributed by atoms with E-state index in [1.165, 1.54) is 0 Å². The van der Waals surface area contributed by atoms with Crippen molar-refractivity contribution in [3.63, 3.8) is 0 Å². The number of fused-ring (bicyclic) bond motifs is 1. The molecule has 3 unspecified atom stereocenters. The van der Waals surface area contributed by atoms with Crippen LogP contribution < -0.4 is 11.1 Å². The molecule has 1 aromatic heterocycles. The maximum absolute atomic E-state index is 12.2. The van der Waals surface area contributed by atoms with Gasteiger partial charge in [0, 0.05) is 29.7 Å². The highest BCUT2D eigenvalue weighted by molar-refractivity contribution is 5.89. The second kappa shape index (κ2) is 5.87. The smallest absolute Gasteiger partial charge is 0.224 e. The maximum Gasteiger partial charge on any atom is 0.224 e. The molecule has 1 aromatic carbocycles. The molecule has 1 amide bonds. The Hall–Kier alpha value is -1.85. The number of para-hydroxylation sites is 1. The van der Waals surface area contributed by atoms with Gasteiger partial charge in [-0.2, -0.15) is 0 Å². The topological polar surface area (TPSA) is 80.1 Å². The Balaban J connectivity index is 1.64. The van der Waals surface area contributed by atoms with Crippen LogP contribution in [0.3, 0.4) is 0 Å². The molecule has 1 aliphatic carbocycles. The van der Waals surface area contributed by atoms with Gasteiger partial charge < -0.3 is 20.8 Å². The summed E-state index contributed by atoms with van der Waals surface area (Å²) in [4.78, 5) is 15.4. The number of aromatic amines is 1. The third-order valence-corrected chi connectivity index (χ3v) is 4.10. The third-order valence-electron chi connectivity index (χ3n) is 4.10. The zero-order valence-corrected chi connectivity index (χ0v) is 12.1. The van der Waals surface area contributed by atoms with E-state index >= 15 is 0 Å². The first-order valence-corrected chi connectivity index (χ1v) is 7.40. The van der Waals surface area contributed by atoms with Crippen LogP contribution in [0.4, 0.5) is 0 Å². The van der Waals surface area contributed by atoms with Gasteiger partial charge in [-0.15, -0.1) is 0 Å². The number of ether oxygens (including phenoxy) is 1. The summed E-state index contributed by atoms with van der Waals surface area (Å²) in [6.45, 7) is 2.60. The van der Waals surface area contributed by atoms with E-state index in [0.29, 0.717) is 13.0 Å². The highest BCUT2D eigenvalue weighted by atomic mass is 16.5. The molecular weight excluding hydrogens is 266 g/mol. The summed E-state index contributed by atoms with van der Waals surface area (Å²) in [6, 6.07) is 7.90. The van der Waals surface area contributed by atoms with Crippen molar-refractivity contribution in [2.75, 3.05) is 6.61 Å². The number of aromatic nitrogens is 1.